The summed E-state index contributed by atoms with van der Waals surface area (Å²) in [5.41, 5.74) is 0.912. The van der Waals surface area contributed by atoms with Gasteiger partial charge >= 0.3 is 12.2 Å². The first kappa shape index (κ1) is 18.3. The summed E-state index contributed by atoms with van der Waals surface area (Å²) < 4.78 is 42.2. The minimum atomic E-state index is -4.51. The van der Waals surface area contributed by atoms with Gasteiger partial charge in [-0.2, -0.15) is 13.2 Å². The van der Waals surface area contributed by atoms with Crippen LogP contribution in [0.2, 0.25) is 0 Å². The lowest BCUT2D eigenvalue weighted by Crippen LogP contribution is -2.41. The molecule has 2 aliphatic rings. The molecule has 2 heterocycles. The van der Waals surface area contributed by atoms with Crippen LogP contribution in [0.5, 0.6) is 5.75 Å². The Hall–Kier alpha value is -3.10. The third kappa shape index (κ3) is 3.06. The van der Waals surface area contributed by atoms with Crippen LogP contribution in [0.4, 0.5) is 18.0 Å². The van der Waals surface area contributed by atoms with Crippen LogP contribution in [-0.4, -0.2) is 34.6 Å². The number of carbonyl (C=O) groups excluding carboxylic acids is 2. The van der Waals surface area contributed by atoms with Gasteiger partial charge < -0.3 is 10.1 Å². The predicted molar refractivity (Wildman–Crippen MR) is 91.3 cm³/mol. The van der Waals surface area contributed by atoms with E-state index in [2.05, 4.69) is 10.3 Å². The standard InChI is InChI=1S/C19H16F3N3O3/c20-19(21,22)11-28-15-9-23-8-6-13(15)10-25-16(26)18(24-17(25)27)7-5-12-3-1-2-4-14(12)18/h1-4,6,8-9H,5,7,10-11H2,(H,24,27). The van der Waals surface area contributed by atoms with E-state index < -0.39 is 30.3 Å². The Bertz CT molecular complexity index is 947. The maximum atomic E-state index is 13.1. The Morgan fingerprint density at radius 2 is 2.00 bits per heavy atom. The highest BCUT2D eigenvalue weighted by Crippen LogP contribution is 2.41. The number of aromatic nitrogens is 1. The number of hydrogen-bond donors (Lipinski definition) is 1. The summed E-state index contributed by atoms with van der Waals surface area (Å²) in [6.07, 6.45) is -0.896. The molecule has 146 valence electrons. The van der Waals surface area contributed by atoms with Crippen molar-refractivity contribution < 1.29 is 27.5 Å². The molecule has 0 bridgehead atoms. The number of urea groups is 1. The van der Waals surface area contributed by atoms with E-state index in [0.29, 0.717) is 12.8 Å². The van der Waals surface area contributed by atoms with Crippen molar-refractivity contribution in [1.29, 1.82) is 0 Å². The second-order valence-corrected chi connectivity index (χ2v) is 6.77. The van der Waals surface area contributed by atoms with Crippen LogP contribution in [0.25, 0.3) is 0 Å². The molecule has 28 heavy (non-hydrogen) atoms. The number of fused-ring (bicyclic) bond motifs is 2. The summed E-state index contributed by atoms with van der Waals surface area (Å²) in [6, 6.07) is 8.25. The van der Waals surface area contributed by atoms with Crippen LogP contribution in [0.3, 0.4) is 0 Å². The van der Waals surface area contributed by atoms with Crippen LogP contribution in [0.1, 0.15) is 23.1 Å². The maximum absolute atomic E-state index is 13.1. The van der Waals surface area contributed by atoms with E-state index in [4.69, 9.17) is 4.74 Å². The van der Waals surface area contributed by atoms with Gasteiger partial charge in [0, 0.05) is 11.8 Å². The number of nitrogens with one attached hydrogen (secondary N) is 1. The van der Waals surface area contributed by atoms with Crippen molar-refractivity contribution in [1.82, 2.24) is 15.2 Å². The van der Waals surface area contributed by atoms with Crippen molar-refractivity contribution in [2.75, 3.05) is 6.61 Å². The van der Waals surface area contributed by atoms with E-state index in [-0.39, 0.29) is 17.9 Å². The molecule has 1 atom stereocenters. The van der Waals surface area contributed by atoms with E-state index in [1.807, 2.05) is 18.2 Å². The van der Waals surface area contributed by atoms with Crippen LogP contribution >= 0.6 is 0 Å². The third-order valence-corrected chi connectivity index (χ3v) is 5.01. The molecule has 6 nitrogen and oxygen atoms in total. The molecule has 1 saturated heterocycles. The number of aryl methyl sites for hydroxylation is 1. The Labute approximate surface area is 158 Å². The highest BCUT2D eigenvalue weighted by Gasteiger charge is 2.55. The Morgan fingerprint density at radius 3 is 2.79 bits per heavy atom. The molecule has 1 aromatic heterocycles. The number of hydrogen-bond acceptors (Lipinski definition) is 4. The van der Waals surface area contributed by atoms with Crippen molar-refractivity contribution in [3.05, 3.63) is 59.4 Å². The van der Waals surface area contributed by atoms with E-state index in [1.54, 1.807) is 6.07 Å². The minimum absolute atomic E-state index is 0.117. The Kier molecular flexibility index (Phi) is 4.24. The van der Waals surface area contributed by atoms with Crippen LogP contribution in [0.15, 0.2) is 42.7 Å². The second kappa shape index (κ2) is 6.50. The van der Waals surface area contributed by atoms with Crippen molar-refractivity contribution in [2.45, 2.75) is 31.1 Å². The topological polar surface area (TPSA) is 71.5 Å². The molecular formula is C19H16F3N3O3. The minimum Gasteiger partial charge on any atom is -0.482 e. The highest BCUT2D eigenvalue weighted by molar-refractivity contribution is 6.08. The number of alkyl halides is 3. The van der Waals surface area contributed by atoms with Gasteiger partial charge in [-0.25, -0.2) is 4.79 Å². The number of carbonyl (C=O) groups is 2. The normalized spacial score (nSPS) is 21.2. The summed E-state index contributed by atoms with van der Waals surface area (Å²) in [6.45, 7) is -1.69. The quantitative estimate of drug-likeness (QED) is 0.814. The fraction of sp³-hybridized carbons (Fsp3) is 0.316. The third-order valence-electron chi connectivity index (χ3n) is 5.01. The number of nitrogens with zero attached hydrogens (tertiary/aromatic N) is 2. The summed E-state index contributed by atoms with van der Waals surface area (Å²) >= 11 is 0. The van der Waals surface area contributed by atoms with Crippen molar-refractivity contribution >= 4 is 11.9 Å². The first-order valence-electron chi connectivity index (χ1n) is 8.65. The number of halogens is 3. The molecule has 1 aliphatic carbocycles. The van der Waals surface area contributed by atoms with Gasteiger partial charge in [-0.1, -0.05) is 24.3 Å². The zero-order chi connectivity index (χ0) is 19.9. The Morgan fingerprint density at radius 1 is 1.21 bits per heavy atom. The fourth-order valence-electron chi connectivity index (χ4n) is 3.73. The molecule has 1 aliphatic heterocycles. The smallest absolute Gasteiger partial charge is 0.422 e. The summed E-state index contributed by atoms with van der Waals surface area (Å²) in [5, 5.41) is 2.78. The fourth-order valence-corrected chi connectivity index (χ4v) is 3.73. The molecule has 1 spiro atoms. The second-order valence-electron chi connectivity index (χ2n) is 6.77. The lowest BCUT2D eigenvalue weighted by atomic mass is 9.92. The van der Waals surface area contributed by atoms with Gasteiger partial charge in [0.15, 0.2) is 6.61 Å². The first-order chi connectivity index (χ1) is 13.3. The largest absolute Gasteiger partial charge is 0.482 e. The SMILES string of the molecule is O=C1NC2(CCc3ccccc32)C(=O)N1Cc1ccncc1OCC(F)(F)F. The molecule has 1 unspecified atom stereocenters. The monoisotopic (exact) mass is 391 g/mol. The molecule has 4 rings (SSSR count). The summed E-state index contributed by atoms with van der Waals surface area (Å²) in [7, 11) is 0. The average molecular weight is 391 g/mol. The lowest BCUT2D eigenvalue weighted by Gasteiger charge is -2.22. The molecule has 9 heteroatoms. The van der Waals surface area contributed by atoms with Crippen molar-refractivity contribution in [3.8, 4) is 5.75 Å². The van der Waals surface area contributed by atoms with Gasteiger partial charge in [-0.05, 0) is 30.0 Å². The number of amides is 3. The van der Waals surface area contributed by atoms with E-state index in [9.17, 15) is 22.8 Å². The summed E-state index contributed by atoms with van der Waals surface area (Å²) in [5.74, 6) is -0.533. The molecular weight excluding hydrogens is 375 g/mol. The van der Waals surface area contributed by atoms with E-state index in [0.717, 1.165) is 22.2 Å². The van der Waals surface area contributed by atoms with Crippen molar-refractivity contribution in [3.63, 3.8) is 0 Å². The van der Waals surface area contributed by atoms with Gasteiger partial charge in [0.05, 0.1) is 12.7 Å². The number of benzene rings is 1. The maximum Gasteiger partial charge on any atom is 0.422 e. The average Bonchev–Trinajstić information content (AvgIpc) is 3.14. The zero-order valence-electron chi connectivity index (χ0n) is 14.6. The molecule has 1 aromatic carbocycles. The molecule has 0 saturated carbocycles. The molecule has 1 N–H and O–H groups in total. The van der Waals surface area contributed by atoms with Crippen LogP contribution in [-0.2, 0) is 23.3 Å². The number of ether oxygens (including phenoxy) is 1. The highest BCUT2D eigenvalue weighted by atomic mass is 19.4. The zero-order valence-corrected chi connectivity index (χ0v) is 14.6. The molecule has 1 fully saturated rings. The van der Waals surface area contributed by atoms with E-state index in [1.165, 1.54) is 12.3 Å². The number of imide groups is 1. The summed E-state index contributed by atoms with van der Waals surface area (Å²) in [4.78, 5) is 30.5. The van der Waals surface area contributed by atoms with E-state index >= 15 is 0 Å². The van der Waals surface area contributed by atoms with Crippen LogP contribution < -0.4 is 10.1 Å². The Balaban J connectivity index is 1.59. The molecule has 2 aromatic rings. The van der Waals surface area contributed by atoms with Gasteiger partial charge in [0.25, 0.3) is 5.91 Å². The number of pyridine rings is 1. The van der Waals surface area contributed by atoms with Gasteiger partial charge in [-0.15, -0.1) is 0 Å². The van der Waals surface area contributed by atoms with Gasteiger partial charge in [-0.3, -0.25) is 14.7 Å². The lowest BCUT2D eigenvalue weighted by molar-refractivity contribution is -0.153. The van der Waals surface area contributed by atoms with Gasteiger partial charge in [0.2, 0.25) is 0 Å². The number of rotatable bonds is 4. The first-order valence-corrected chi connectivity index (χ1v) is 8.65. The predicted octanol–water partition coefficient (Wildman–Crippen LogP) is 2.92. The van der Waals surface area contributed by atoms with Crippen LogP contribution in [0, 0.1) is 0 Å². The van der Waals surface area contributed by atoms with Gasteiger partial charge in [0.1, 0.15) is 11.3 Å². The van der Waals surface area contributed by atoms with Crippen molar-refractivity contribution in [2.24, 2.45) is 0 Å². The molecule has 3 amide bonds. The molecule has 0 radical (unpaired) electrons.